The number of nitrogens with zero attached hydrogens (tertiary/aromatic N) is 1. The first-order chi connectivity index (χ1) is 11.3. The van der Waals surface area contributed by atoms with Crippen molar-refractivity contribution >= 4 is 11.7 Å². The lowest BCUT2D eigenvalue weighted by atomic mass is 9.86. The number of nitro groups is 1. The summed E-state index contributed by atoms with van der Waals surface area (Å²) in [6.45, 7) is 7.49. The minimum atomic E-state index is -0.436. The number of hydrogen-bond acceptors (Lipinski definition) is 5. The Hall–Kier alpha value is -2.63. The van der Waals surface area contributed by atoms with E-state index in [1.807, 2.05) is 33.8 Å². The van der Waals surface area contributed by atoms with Gasteiger partial charge in [-0.3, -0.25) is 10.1 Å². The molecule has 0 saturated heterocycles. The minimum absolute atomic E-state index is 0.00406. The van der Waals surface area contributed by atoms with Crippen LogP contribution in [-0.4, -0.2) is 17.0 Å². The smallest absolute Gasteiger partial charge is 0.336 e. The zero-order valence-corrected chi connectivity index (χ0v) is 14.3. The molecule has 1 aromatic carbocycles. The molecule has 0 aliphatic carbocycles. The second kappa shape index (κ2) is 7.29. The number of dihydropyridines is 1. The molecular formula is C18H22N2O4. The maximum Gasteiger partial charge on any atom is 0.336 e. The van der Waals surface area contributed by atoms with Gasteiger partial charge in [0, 0.05) is 29.4 Å². The second-order valence-corrected chi connectivity index (χ2v) is 5.97. The lowest BCUT2D eigenvalue weighted by Crippen LogP contribution is -2.27. The van der Waals surface area contributed by atoms with Crippen LogP contribution >= 0.6 is 0 Å². The number of esters is 1. The van der Waals surface area contributed by atoms with Crippen LogP contribution in [0.1, 0.15) is 45.6 Å². The average molecular weight is 330 g/mol. The van der Waals surface area contributed by atoms with Crippen LogP contribution in [0.25, 0.3) is 0 Å². The van der Waals surface area contributed by atoms with Crippen molar-refractivity contribution in [3.05, 3.63) is 63.0 Å². The van der Waals surface area contributed by atoms with E-state index in [0.29, 0.717) is 16.8 Å². The molecule has 1 aromatic rings. The molecule has 0 radical (unpaired) electrons. The maximum atomic E-state index is 12.6. The molecule has 1 aliphatic heterocycles. The number of ether oxygens (including phenoxy) is 1. The third-order valence-electron chi connectivity index (χ3n) is 4.06. The average Bonchev–Trinajstić information content (AvgIpc) is 2.53. The van der Waals surface area contributed by atoms with E-state index >= 15 is 0 Å². The predicted molar refractivity (Wildman–Crippen MR) is 91.3 cm³/mol. The summed E-state index contributed by atoms with van der Waals surface area (Å²) in [5, 5.41) is 14.2. The van der Waals surface area contributed by atoms with Gasteiger partial charge in [0.1, 0.15) is 0 Å². The van der Waals surface area contributed by atoms with E-state index in [0.717, 1.165) is 12.1 Å². The first kappa shape index (κ1) is 17.7. The number of carbonyl (C=O) groups is 1. The molecule has 0 saturated carbocycles. The summed E-state index contributed by atoms with van der Waals surface area (Å²) in [7, 11) is 0. The Morgan fingerprint density at radius 1 is 1.42 bits per heavy atom. The molecule has 1 aliphatic rings. The highest BCUT2D eigenvalue weighted by atomic mass is 16.6. The van der Waals surface area contributed by atoms with E-state index in [-0.39, 0.29) is 17.7 Å². The summed E-state index contributed by atoms with van der Waals surface area (Å²) in [5.41, 5.74) is 2.79. The van der Waals surface area contributed by atoms with Crippen LogP contribution in [0.4, 0.5) is 5.69 Å². The number of allylic oxidation sites excluding steroid dienone is 3. The third kappa shape index (κ3) is 3.82. The van der Waals surface area contributed by atoms with Gasteiger partial charge in [0.25, 0.3) is 5.69 Å². The van der Waals surface area contributed by atoms with E-state index in [4.69, 9.17) is 4.74 Å². The van der Waals surface area contributed by atoms with Gasteiger partial charge in [0.15, 0.2) is 0 Å². The van der Waals surface area contributed by atoms with Crippen LogP contribution in [0.3, 0.4) is 0 Å². The zero-order chi connectivity index (χ0) is 17.9. The molecule has 0 spiro atoms. The molecule has 1 heterocycles. The van der Waals surface area contributed by atoms with Gasteiger partial charge in [-0.15, -0.1) is 0 Å². The topological polar surface area (TPSA) is 81.5 Å². The van der Waals surface area contributed by atoms with Crippen LogP contribution in [0, 0.1) is 10.1 Å². The highest BCUT2D eigenvalue weighted by Crippen LogP contribution is 2.34. The van der Waals surface area contributed by atoms with Gasteiger partial charge in [0.05, 0.1) is 16.6 Å². The molecular weight excluding hydrogens is 308 g/mol. The fourth-order valence-corrected chi connectivity index (χ4v) is 2.68. The molecule has 6 nitrogen and oxygen atoms in total. The van der Waals surface area contributed by atoms with Crippen molar-refractivity contribution in [3.8, 4) is 0 Å². The van der Waals surface area contributed by atoms with Crippen LogP contribution in [0.5, 0.6) is 0 Å². The summed E-state index contributed by atoms with van der Waals surface area (Å²) in [5.74, 6) is -0.766. The molecule has 0 fully saturated rings. The predicted octanol–water partition coefficient (Wildman–Crippen LogP) is 3.80. The van der Waals surface area contributed by atoms with Crippen LogP contribution < -0.4 is 5.32 Å². The van der Waals surface area contributed by atoms with Crippen molar-refractivity contribution in [3.63, 3.8) is 0 Å². The molecule has 2 rings (SSSR count). The molecule has 0 amide bonds. The van der Waals surface area contributed by atoms with E-state index in [9.17, 15) is 14.9 Å². The summed E-state index contributed by atoms with van der Waals surface area (Å²) in [4.78, 5) is 23.2. The maximum absolute atomic E-state index is 12.6. The largest absolute Gasteiger partial charge is 0.459 e. The zero-order valence-electron chi connectivity index (χ0n) is 14.3. The highest BCUT2D eigenvalue weighted by Gasteiger charge is 2.29. The molecule has 128 valence electrons. The van der Waals surface area contributed by atoms with Crippen molar-refractivity contribution in [2.24, 2.45) is 0 Å². The molecule has 1 N–H and O–H groups in total. The molecule has 2 unspecified atom stereocenters. The molecule has 0 aromatic heterocycles. The van der Waals surface area contributed by atoms with Gasteiger partial charge in [-0.25, -0.2) is 4.79 Å². The van der Waals surface area contributed by atoms with E-state index < -0.39 is 10.9 Å². The van der Waals surface area contributed by atoms with E-state index in [1.165, 1.54) is 12.1 Å². The minimum Gasteiger partial charge on any atom is -0.459 e. The Bertz CT molecular complexity index is 721. The number of non-ortho nitro benzene ring substituents is 1. The van der Waals surface area contributed by atoms with Gasteiger partial charge in [0.2, 0.25) is 0 Å². The van der Waals surface area contributed by atoms with E-state index in [2.05, 4.69) is 5.32 Å². The Kier molecular flexibility index (Phi) is 5.39. The normalized spacial score (nSPS) is 18.5. The van der Waals surface area contributed by atoms with Crippen molar-refractivity contribution in [2.45, 2.75) is 46.1 Å². The van der Waals surface area contributed by atoms with Crippen molar-refractivity contribution in [1.82, 2.24) is 5.32 Å². The first-order valence-electron chi connectivity index (χ1n) is 7.95. The standard InChI is InChI=1S/C18H22N2O4/c1-5-12(3)24-18(21)17-13(4)19-11(2)9-16(17)14-7-6-8-15(10-14)20(22)23/h6-10,12,16,19H,5H2,1-4H3. The number of rotatable bonds is 5. The highest BCUT2D eigenvalue weighted by molar-refractivity contribution is 5.92. The van der Waals surface area contributed by atoms with Gasteiger partial charge >= 0.3 is 5.97 Å². The van der Waals surface area contributed by atoms with Crippen molar-refractivity contribution in [2.75, 3.05) is 0 Å². The number of carbonyl (C=O) groups excluding carboxylic acids is 1. The first-order valence-corrected chi connectivity index (χ1v) is 7.95. The van der Waals surface area contributed by atoms with Crippen LogP contribution in [0.15, 0.2) is 47.3 Å². The summed E-state index contributed by atoms with van der Waals surface area (Å²) in [6.07, 6.45) is 2.43. The Balaban J connectivity index is 2.44. The second-order valence-electron chi connectivity index (χ2n) is 5.97. The fraction of sp³-hybridized carbons (Fsp3) is 0.389. The quantitative estimate of drug-likeness (QED) is 0.504. The fourth-order valence-electron chi connectivity index (χ4n) is 2.68. The summed E-state index contributed by atoms with van der Waals surface area (Å²) >= 11 is 0. The molecule has 0 bridgehead atoms. The van der Waals surface area contributed by atoms with E-state index in [1.54, 1.807) is 12.1 Å². The third-order valence-corrected chi connectivity index (χ3v) is 4.06. The van der Waals surface area contributed by atoms with Crippen molar-refractivity contribution < 1.29 is 14.5 Å². The van der Waals surface area contributed by atoms with Crippen molar-refractivity contribution in [1.29, 1.82) is 0 Å². The monoisotopic (exact) mass is 330 g/mol. The van der Waals surface area contributed by atoms with Gasteiger partial charge < -0.3 is 10.1 Å². The lowest BCUT2D eigenvalue weighted by molar-refractivity contribution is -0.384. The number of nitrogens with one attached hydrogen (secondary N) is 1. The molecule has 24 heavy (non-hydrogen) atoms. The van der Waals surface area contributed by atoms with Gasteiger partial charge in [-0.2, -0.15) is 0 Å². The number of hydrogen-bond donors (Lipinski definition) is 1. The van der Waals surface area contributed by atoms with Gasteiger partial charge in [-0.1, -0.05) is 25.1 Å². The Labute approximate surface area is 141 Å². The summed E-state index contributed by atoms with van der Waals surface area (Å²) < 4.78 is 5.47. The van der Waals surface area contributed by atoms with Crippen LogP contribution in [-0.2, 0) is 9.53 Å². The lowest BCUT2D eigenvalue weighted by Gasteiger charge is -2.26. The molecule has 2 atom stereocenters. The number of nitro benzene ring substituents is 1. The Morgan fingerprint density at radius 2 is 2.12 bits per heavy atom. The van der Waals surface area contributed by atoms with Gasteiger partial charge in [-0.05, 0) is 32.8 Å². The summed E-state index contributed by atoms with van der Waals surface area (Å²) in [6, 6.07) is 6.36. The molecule has 6 heteroatoms. The number of benzene rings is 1. The Morgan fingerprint density at radius 3 is 2.75 bits per heavy atom. The SMILES string of the molecule is CCC(C)OC(=O)C1=C(C)NC(C)=CC1c1cccc([N+](=O)[O-])c1. The van der Waals surface area contributed by atoms with Crippen LogP contribution in [0.2, 0.25) is 0 Å².